The fourth-order valence-corrected chi connectivity index (χ4v) is 2.27. The van der Waals surface area contributed by atoms with Gasteiger partial charge in [-0.25, -0.2) is 4.79 Å². The van der Waals surface area contributed by atoms with Gasteiger partial charge in [0.25, 0.3) is 5.91 Å². The van der Waals surface area contributed by atoms with Crippen LogP contribution in [0.1, 0.15) is 22.8 Å². The Hall–Kier alpha value is -3.22. The van der Waals surface area contributed by atoms with Gasteiger partial charge in [-0.3, -0.25) is 4.79 Å². The van der Waals surface area contributed by atoms with Gasteiger partial charge in [0.15, 0.2) is 17.2 Å². The third-order valence-corrected chi connectivity index (χ3v) is 3.42. The highest BCUT2D eigenvalue weighted by atomic mass is 16.7. The van der Waals surface area contributed by atoms with Crippen LogP contribution in [0.2, 0.25) is 0 Å². The molecular weight excluding hydrogens is 326 g/mol. The first-order valence-electron chi connectivity index (χ1n) is 7.42. The van der Waals surface area contributed by atoms with E-state index in [9.17, 15) is 14.7 Å². The molecule has 7 nitrogen and oxygen atoms in total. The monoisotopic (exact) mass is 345 g/mol. The van der Waals surface area contributed by atoms with Crippen molar-refractivity contribution in [3.63, 3.8) is 0 Å². The van der Waals surface area contributed by atoms with Crippen molar-refractivity contribution >= 4 is 17.6 Å². The minimum absolute atomic E-state index is 0.0409. The number of benzene rings is 2. The number of aryl methyl sites for hydroxylation is 1. The second-order valence-electron chi connectivity index (χ2n) is 5.25. The molecule has 0 atom stereocenters. The second kappa shape index (κ2) is 7.57. The second-order valence-corrected chi connectivity index (χ2v) is 5.25. The van der Waals surface area contributed by atoms with E-state index in [-0.39, 0.29) is 22.7 Å². The molecule has 2 aromatic carbocycles. The molecule has 0 aromatic heterocycles. The Labute approximate surface area is 145 Å². The van der Waals surface area contributed by atoms with Crippen LogP contribution in [0.4, 0.5) is 5.69 Å². The van der Waals surface area contributed by atoms with Crippen molar-refractivity contribution in [3.05, 3.63) is 47.5 Å². The topological polar surface area (TPSA) is 85.3 Å². The Morgan fingerprint density at radius 2 is 1.68 bits per heavy atom. The lowest BCUT2D eigenvalue weighted by molar-refractivity contribution is -0.120. The van der Waals surface area contributed by atoms with Crippen molar-refractivity contribution in [3.8, 4) is 17.2 Å². The third-order valence-electron chi connectivity index (χ3n) is 3.42. The highest BCUT2D eigenvalue weighted by Gasteiger charge is 2.25. The van der Waals surface area contributed by atoms with Crippen molar-refractivity contribution in [1.82, 2.24) is 0 Å². The number of hydrogen-bond acceptors (Lipinski definition) is 5. The van der Waals surface area contributed by atoms with Crippen LogP contribution < -0.4 is 19.4 Å². The van der Waals surface area contributed by atoms with Crippen molar-refractivity contribution in [2.75, 3.05) is 19.3 Å². The Morgan fingerprint density at radius 1 is 1.04 bits per heavy atom. The molecule has 0 saturated heterocycles. The normalized spacial score (nSPS) is 10.1. The SMILES string of the molecule is COc1cc(C(=O)O)c(N(Oc2cccc(C)c2)C(C)=O)cc1OC. The quantitative estimate of drug-likeness (QED) is 0.810. The number of anilines is 1. The Balaban J connectivity index is 2.56. The van der Waals surface area contributed by atoms with Crippen molar-refractivity contribution in [2.45, 2.75) is 13.8 Å². The number of rotatable bonds is 6. The van der Waals surface area contributed by atoms with E-state index in [0.717, 1.165) is 10.6 Å². The summed E-state index contributed by atoms with van der Waals surface area (Å²) in [5.41, 5.74) is 0.825. The van der Waals surface area contributed by atoms with Crippen LogP contribution in [0, 0.1) is 6.92 Å². The van der Waals surface area contributed by atoms with Crippen LogP contribution >= 0.6 is 0 Å². The lowest BCUT2D eigenvalue weighted by atomic mass is 10.1. The minimum Gasteiger partial charge on any atom is -0.493 e. The molecule has 0 bridgehead atoms. The van der Waals surface area contributed by atoms with Crippen LogP contribution in [-0.4, -0.2) is 31.2 Å². The molecule has 1 amide bonds. The van der Waals surface area contributed by atoms with Gasteiger partial charge >= 0.3 is 5.97 Å². The number of hydroxylamine groups is 1. The average molecular weight is 345 g/mol. The highest BCUT2D eigenvalue weighted by Crippen LogP contribution is 2.36. The first kappa shape index (κ1) is 18.1. The largest absolute Gasteiger partial charge is 0.493 e. The van der Waals surface area contributed by atoms with E-state index in [2.05, 4.69) is 0 Å². The maximum Gasteiger partial charge on any atom is 0.338 e. The van der Waals surface area contributed by atoms with E-state index < -0.39 is 11.9 Å². The molecule has 0 radical (unpaired) electrons. The molecule has 2 aromatic rings. The first-order chi connectivity index (χ1) is 11.9. The van der Waals surface area contributed by atoms with Crippen LogP contribution in [0.5, 0.6) is 17.2 Å². The van der Waals surface area contributed by atoms with Crippen LogP contribution in [-0.2, 0) is 4.79 Å². The van der Waals surface area contributed by atoms with Crippen LogP contribution in [0.15, 0.2) is 36.4 Å². The first-order valence-corrected chi connectivity index (χ1v) is 7.42. The molecular formula is C18H19NO6. The summed E-state index contributed by atoms with van der Waals surface area (Å²) in [7, 11) is 2.82. The van der Waals surface area contributed by atoms with Crippen molar-refractivity contribution in [2.24, 2.45) is 0 Å². The maximum absolute atomic E-state index is 12.1. The number of methoxy groups -OCH3 is 2. The standard InChI is InChI=1S/C18H19NO6/c1-11-6-5-7-13(8-11)25-19(12(2)20)15-10-17(24-4)16(23-3)9-14(15)18(21)22/h5-10H,1-4H3,(H,21,22). The lowest BCUT2D eigenvalue weighted by Crippen LogP contribution is -2.33. The molecule has 0 fully saturated rings. The lowest BCUT2D eigenvalue weighted by Gasteiger charge is -2.23. The zero-order valence-corrected chi connectivity index (χ0v) is 14.4. The summed E-state index contributed by atoms with van der Waals surface area (Å²) in [5, 5.41) is 10.4. The van der Waals surface area contributed by atoms with E-state index in [0.29, 0.717) is 5.75 Å². The zero-order chi connectivity index (χ0) is 18.6. The smallest absolute Gasteiger partial charge is 0.338 e. The molecule has 0 heterocycles. The van der Waals surface area contributed by atoms with Gasteiger partial charge in [-0.05, 0) is 24.6 Å². The number of carboxylic acids is 1. The molecule has 0 unspecified atom stereocenters. The predicted octanol–water partition coefficient (Wildman–Crippen LogP) is 3.06. The molecule has 0 aliphatic heterocycles. The molecule has 0 aliphatic carbocycles. The highest BCUT2D eigenvalue weighted by molar-refractivity contribution is 6.01. The molecule has 2 rings (SSSR count). The molecule has 25 heavy (non-hydrogen) atoms. The average Bonchev–Trinajstić information content (AvgIpc) is 2.58. The van der Waals surface area contributed by atoms with Crippen LogP contribution in [0.25, 0.3) is 0 Å². The summed E-state index contributed by atoms with van der Waals surface area (Å²) in [6.07, 6.45) is 0. The number of ether oxygens (including phenoxy) is 2. The van der Waals surface area contributed by atoms with Crippen molar-refractivity contribution in [1.29, 1.82) is 0 Å². The third kappa shape index (κ3) is 4.00. The van der Waals surface area contributed by atoms with E-state index >= 15 is 0 Å². The Kier molecular flexibility index (Phi) is 5.49. The van der Waals surface area contributed by atoms with E-state index in [1.54, 1.807) is 18.2 Å². The minimum atomic E-state index is -1.23. The fourth-order valence-electron chi connectivity index (χ4n) is 2.27. The summed E-state index contributed by atoms with van der Waals surface area (Å²) in [5.74, 6) is -0.795. The van der Waals surface area contributed by atoms with E-state index in [4.69, 9.17) is 14.3 Å². The van der Waals surface area contributed by atoms with Gasteiger partial charge in [0.1, 0.15) is 5.69 Å². The van der Waals surface area contributed by atoms with Gasteiger partial charge in [0, 0.05) is 19.1 Å². The van der Waals surface area contributed by atoms with Gasteiger partial charge in [-0.15, -0.1) is 5.06 Å². The van der Waals surface area contributed by atoms with Crippen LogP contribution in [0.3, 0.4) is 0 Å². The Bertz CT molecular complexity index is 802. The van der Waals surface area contributed by atoms with E-state index in [1.165, 1.54) is 33.3 Å². The molecule has 1 N–H and O–H groups in total. The number of carbonyl (C=O) groups is 2. The summed E-state index contributed by atoms with van der Waals surface area (Å²) < 4.78 is 10.3. The molecule has 0 spiro atoms. The summed E-state index contributed by atoms with van der Waals surface area (Å²) in [4.78, 5) is 29.4. The van der Waals surface area contributed by atoms with Gasteiger partial charge in [-0.1, -0.05) is 12.1 Å². The number of aromatic carboxylic acids is 1. The van der Waals surface area contributed by atoms with Gasteiger partial charge in [0.2, 0.25) is 0 Å². The molecule has 0 aliphatic rings. The summed E-state index contributed by atoms with van der Waals surface area (Å²) >= 11 is 0. The molecule has 0 saturated carbocycles. The van der Waals surface area contributed by atoms with Gasteiger partial charge in [0.05, 0.1) is 19.8 Å². The number of hydrogen-bond donors (Lipinski definition) is 1. The number of nitrogens with zero attached hydrogens (tertiary/aromatic N) is 1. The molecule has 7 heteroatoms. The number of carbonyl (C=O) groups excluding carboxylic acids is 1. The predicted molar refractivity (Wildman–Crippen MR) is 91.5 cm³/mol. The van der Waals surface area contributed by atoms with Gasteiger partial charge in [-0.2, -0.15) is 0 Å². The van der Waals surface area contributed by atoms with Gasteiger partial charge < -0.3 is 19.4 Å². The summed E-state index contributed by atoms with van der Waals surface area (Å²) in [6.45, 7) is 3.15. The fraction of sp³-hybridized carbons (Fsp3) is 0.222. The Morgan fingerprint density at radius 3 is 2.20 bits per heavy atom. The molecule has 132 valence electrons. The van der Waals surface area contributed by atoms with E-state index in [1.807, 2.05) is 13.0 Å². The number of carboxylic acid groups (broad SMARTS) is 1. The number of amides is 1. The maximum atomic E-state index is 12.1. The zero-order valence-electron chi connectivity index (χ0n) is 14.4. The van der Waals surface area contributed by atoms with Crippen molar-refractivity contribution < 1.29 is 29.0 Å². The summed E-state index contributed by atoms with van der Waals surface area (Å²) in [6, 6.07) is 9.73.